The van der Waals surface area contributed by atoms with Crippen LogP contribution in [-0.2, 0) is 0 Å². The summed E-state index contributed by atoms with van der Waals surface area (Å²) < 4.78 is 0. The Morgan fingerprint density at radius 3 is 2.68 bits per heavy atom. The van der Waals surface area contributed by atoms with Crippen LogP contribution >= 0.6 is 0 Å². The fourth-order valence-electron chi connectivity index (χ4n) is 3.10. The summed E-state index contributed by atoms with van der Waals surface area (Å²) in [5, 5.41) is 12.8. The van der Waals surface area contributed by atoms with E-state index in [4.69, 9.17) is 0 Å². The van der Waals surface area contributed by atoms with Gasteiger partial charge < -0.3 is 20.2 Å². The van der Waals surface area contributed by atoms with Crippen LogP contribution in [0.1, 0.15) is 39.0 Å². The fourth-order valence-corrected chi connectivity index (χ4v) is 3.10. The third kappa shape index (κ3) is 5.03. The van der Waals surface area contributed by atoms with Crippen molar-refractivity contribution in [2.45, 2.75) is 50.6 Å². The molecule has 4 heteroatoms. The molecule has 0 spiro atoms. The monoisotopic (exact) mass is 271 g/mol. The van der Waals surface area contributed by atoms with Gasteiger partial charge >= 0.3 is 0 Å². The molecule has 0 aromatic carbocycles. The van der Waals surface area contributed by atoms with Crippen molar-refractivity contribution in [2.75, 3.05) is 47.4 Å². The SMILES string of the molecule is CCC(CO)(CCCN(C)CC1CCCN1C)NC. The number of aliphatic hydroxyl groups is 1. The molecule has 0 saturated carbocycles. The van der Waals surface area contributed by atoms with E-state index in [2.05, 4.69) is 36.1 Å². The highest BCUT2D eigenvalue weighted by atomic mass is 16.3. The van der Waals surface area contributed by atoms with Crippen molar-refractivity contribution in [3.8, 4) is 0 Å². The van der Waals surface area contributed by atoms with E-state index in [0.29, 0.717) is 0 Å². The molecule has 1 heterocycles. The first-order valence-electron chi connectivity index (χ1n) is 7.75. The molecule has 0 radical (unpaired) electrons. The van der Waals surface area contributed by atoms with Crippen LogP contribution in [0.2, 0.25) is 0 Å². The number of rotatable bonds is 9. The molecule has 1 saturated heterocycles. The molecule has 0 aliphatic carbocycles. The fraction of sp³-hybridized carbons (Fsp3) is 1.00. The molecule has 0 amide bonds. The van der Waals surface area contributed by atoms with E-state index in [9.17, 15) is 5.11 Å². The molecule has 0 aromatic heterocycles. The minimum Gasteiger partial charge on any atom is -0.394 e. The Labute approximate surface area is 119 Å². The molecular formula is C15H33N3O. The molecule has 114 valence electrons. The molecule has 1 fully saturated rings. The van der Waals surface area contributed by atoms with Crippen LogP contribution in [0.15, 0.2) is 0 Å². The lowest BCUT2D eigenvalue weighted by Crippen LogP contribution is -2.46. The zero-order chi connectivity index (χ0) is 14.3. The first-order chi connectivity index (χ1) is 9.06. The summed E-state index contributed by atoms with van der Waals surface area (Å²) >= 11 is 0. The minimum absolute atomic E-state index is 0.0784. The maximum absolute atomic E-state index is 9.52. The predicted molar refractivity (Wildman–Crippen MR) is 81.6 cm³/mol. The number of likely N-dealkylation sites (N-methyl/N-ethyl adjacent to an activating group) is 3. The normalized spacial score (nSPS) is 24.0. The van der Waals surface area contributed by atoms with Crippen molar-refractivity contribution in [3.63, 3.8) is 0 Å². The number of likely N-dealkylation sites (tertiary alicyclic amines) is 1. The molecule has 2 atom stereocenters. The summed E-state index contributed by atoms with van der Waals surface area (Å²) in [6, 6.07) is 0.739. The topological polar surface area (TPSA) is 38.7 Å². The number of nitrogens with zero attached hydrogens (tertiary/aromatic N) is 2. The molecule has 0 bridgehead atoms. The average Bonchev–Trinajstić information content (AvgIpc) is 2.81. The van der Waals surface area contributed by atoms with Gasteiger partial charge in [0.25, 0.3) is 0 Å². The second-order valence-electron chi connectivity index (χ2n) is 6.18. The number of aliphatic hydroxyl groups excluding tert-OH is 1. The Bertz CT molecular complexity index is 235. The molecule has 1 aliphatic heterocycles. The highest BCUT2D eigenvalue weighted by molar-refractivity contribution is 4.85. The van der Waals surface area contributed by atoms with Crippen LogP contribution in [0.25, 0.3) is 0 Å². The second kappa shape index (κ2) is 8.20. The van der Waals surface area contributed by atoms with Crippen LogP contribution in [-0.4, -0.2) is 73.9 Å². The molecule has 1 aliphatic rings. The first kappa shape index (κ1) is 16.9. The van der Waals surface area contributed by atoms with Gasteiger partial charge in [-0.3, -0.25) is 0 Å². The lowest BCUT2D eigenvalue weighted by Gasteiger charge is -2.32. The molecule has 0 aromatic rings. The predicted octanol–water partition coefficient (Wildman–Crippen LogP) is 1.15. The van der Waals surface area contributed by atoms with E-state index in [-0.39, 0.29) is 12.1 Å². The summed E-state index contributed by atoms with van der Waals surface area (Å²) in [4.78, 5) is 4.92. The van der Waals surface area contributed by atoms with Crippen LogP contribution in [0.5, 0.6) is 0 Å². The zero-order valence-electron chi connectivity index (χ0n) is 13.3. The minimum atomic E-state index is -0.0784. The van der Waals surface area contributed by atoms with Gasteiger partial charge in [0.05, 0.1) is 6.61 Å². The van der Waals surface area contributed by atoms with E-state index in [1.54, 1.807) is 0 Å². The van der Waals surface area contributed by atoms with Crippen LogP contribution in [0.3, 0.4) is 0 Å². The first-order valence-corrected chi connectivity index (χ1v) is 7.75. The number of hydrogen-bond acceptors (Lipinski definition) is 4. The van der Waals surface area contributed by atoms with Crippen LogP contribution in [0.4, 0.5) is 0 Å². The van der Waals surface area contributed by atoms with Gasteiger partial charge in [-0.25, -0.2) is 0 Å². The van der Waals surface area contributed by atoms with Crippen molar-refractivity contribution in [1.29, 1.82) is 0 Å². The quantitative estimate of drug-likeness (QED) is 0.660. The smallest absolute Gasteiger partial charge is 0.0613 e. The molecule has 1 rings (SSSR count). The van der Waals surface area contributed by atoms with E-state index in [1.165, 1.54) is 25.9 Å². The van der Waals surface area contributed by atoms with Crippen molar-refractivity contribution >= 4 is 0 Å². The Hall–Kier alpha value is -0.160. The zero-order valence-corrected chi connectivity index (χ0v) is 13.3. The van der Waals surface area contributed by atoms with Gasteiger partial charge in [0.15, 0.2) is 0 Å². The second-order valence-corrected chi connectivity index (χ2v) is 6.18. The van der Waals surface area contributed by atoms with Gasteiger partial charge in [-0.15, -0.1) is 0 Å². The molecular weight excluding hydrogens is 238 g/mol. The molecule has 2 unspecified atom stereocenters. The summed E-state index contributed by atoms with van der Waals surface area (Å²) in [7, 11) is 6.41. The highest BCUT2D eigenvalue weighted by Crippen LogP contribution is 2.18. The standard InChI is InChI=1S/C15H33N3O/c1-5-15(13-19,16-2)9-7-10-17(3)12-14-8-6-11-18(14)4/h14,16,19H,5-13H2,1-4H3. The Morgan fingerprint density at radius 1 is 1.47 bits per heavy atom. The third-order valence-electron chi connectivity index (χ3n) is 4.90. The van der Waals surface area contributed by atoms with Crippen LogP contribution < -0.4 is 5.32 Å². The van der Waals surface area contributed by atoms with Crippen molar-refractivity contribution in [1.82, 2.24) is 15.1 Å². The maximum atomic E-state index is 9.52. The van der Waals surface area contributed by atoms with E-state index < -0.39 is 0 Å². The van der Waals surface area contributed by atoms with Crippen molar-refractivity contribution < 1.29 is 5.11 Å². The molecule has 2 N–H and O–H groups in total. The number of nitrogens with one attached hydrogen (secondary N) is 1. The van der Waals surface area contributed by atoms with Gasteiger partial charge in [0.2, 0.25) is 0 Å². The van der Waals surface area contributed by atoms with E-state index in [1.807, 2.05) is 7.05 Å². The summed E-state index contributed by atoms with van der Waals surface area (Å²) in [5.41, 5.74) is -0.0784. The third-order valence-corrected chi connectivity index (χ3v) is 4.90. The highest BCUT2D eigenvalue weighted by Gasteiger charge is 2.25. The summed E-state index contributed by atoms with van der Waals surface area (Å²) in [6.45, 7) is 5.92. The van der Waals surface area contributed by atoms with E-state index in [0.717, 1.165) is 31.8 Å². The molecule has 4 nitrogen and oxygen atoms in total. The Kier molecular flexibility index (Phi) is 7.29. The average molecular weight is 271 g/mol. The number of hydrogen-bond donors (Lipinski definition) is 2. The summed E-state index contributed by atoms with van der Waals surface area (Å²) in [5.74, 6) is 0. The molecule has 19 heavy (non-hydrogen) atoms. The van der Waals surface area contributed by atoms with Gasteiger partial charge in [0.1, 0.15) is 0 Å². The van der Waals surface area contributed by atoms with E-state index >= 15 is 0 Å². The van der Waals surface area contributed by atoms with Gasteiger partial charge in [0, 0.05) is 18.1 Å². The lowest BCUT2D eigenvalue weighted by molar-refractivity contribution is 0.145. The van der Waals surface area contributed by atoms with Gasteiger partial charge in [-0.2, -0.15) is 0 Å². The van der Waals surface area contributed by atoms with Crippen LogP contribution in [0, 0.1) is 0 Å². The Balaban J connectivity index is 2.24. The maximum Gasteiger partial charge on any atom is 0.0613 e. The summed E-state index contributed by atoms with van der Waals surface area (Å²) in [6.07, 6.45) is 5.85. The largest absolute Gasteiger partial charge is 0.394 e. The van der Waals surface area contributed by atoms with Crippen molar-refractivity contribution in [2.24, 2.45) is 0 Å². The van der Waals surface area contributed by atoms with Crippen molar-refractivity contribution in [3.05, 3.63) is 0 Å². The Morgan fingerprint density at radius 2 is 2.21 bits per heavy atom. The van der Waals surface area contributed by atoms with Gasteiger partial charge in [-0.05, 0) is 66.3 Å². The van der Waals surface area contributed by atoms with Gasteiger partial charge in [-0.1, -0.05) is 6.92 Å². The lowest BCUT2D eigenvalue weighted by atomic mass is 9.91.